The van der Waals surface area contributed by atoms with Crippen LogP contribution >= 0.6 is 0 Å². The van der Waals surface area contributed by atoms with Crippen molar-refractivity contribution < 1.29 is 0 Å². The van der Waals surface area contributed by atoms with E-state index in [1.807, 2.05) is 0 Å². The first-order chi connectivity index (χ1) is 7.96. The Morgan fingerprint density at radius 3 is 2.47 bits per heavy atom. The number of rotatable bonds is 6. The Labute approximate surface area is 108 Å². The lowest BCUT2D eigenvalue weighted by molar-refractivity contribution is 0.201. The zero-order valence-corrected chi connectivity index (χ0v) is 12.3. The van der Waals surface area contributed by atoms with Crippen LogP contribution in [0.2, 0.25) is 0 Å². The fraction of sp³-hybridized carbons (Fsp3) is 1.00. The summed E-state index contributed by atoms with van der Waals surface area (Å²) in [6, 6.07) is 0. The average Bonchev–Trinajstić information content (AvgIpc) is 2.76. The molecule has 3 atom stereocenters. The zero-order valence-electron chi connectivity index (χ0n) is 12.3. The fourth-order valence-electron chi connectivity index (χ4n) is 4.11. The van der Waals surface area contributed by atoms with Crippen molar-refractivity contribution in [2.75, 3.05) is 13.1 Å². The summed E-state index contributed by atoms with van der Waals surface area (Å²) in [5.41, 5.74) is 0.490. The van der Waals surface area contributed by atoms with Crippen molar-refractivity contribution in [3.05, 3.63) is 0 Å². The molecule has 2 aliphatic rings. The molecule has 0 aromatic heterocycles. The predicted molar refractivity (Wildman–Crippen MR) is 75.0 cm³/mol. The maximum Gasteiger partial charge on any atom is 0.000273 e. The summed E-state index contributed by atoms with van der Waals surface area (Å²) in [6.07, 6.45) is 7.61. The second-order valence-electron chi connectivity index (χ2n) is 7.83. The molecule has 0 amide bonds. The summed E-state index contributed by atoms with van der Waals surface area (Å²) in [5, 5.41) is 3.64. The molecule has 17 heavy (non-hydrogen) atoms. The highest BCUT2D eigenvalue weighted by Crippen LogP contribution is 2.51. The van der Waals surface area contributed by atoms with Gasteiger partial charge >= 0.3 is 0 Å². The summed E-state index contributed by atoms with van der Waals surface area (Å²) in [7, 11) is 0. The molecule has 0 spiro atoms. The lowest BCUT2D eigenvalue weighted by Gasteiger charge is -2.32. The van der Waals surface area contributed by atoms with E-state index >= 15 is 0 Å². The van der Waals surface area contributed by atoms with Gasteiger partial charge in [-0.25, -0.2) is 0 Å². The fourth-order valence-corrected chi connectivity index (χ4v) is 4.11. The van der Waals surface area contributed by atoms with Gasteiger partial charge in [0.1, 0.15) is 0 Å². The molecule has 2 fully saturated rings. The molecular weight excluding hydrogens is 206 g/mol. The Hall–Kier alpha value is -0.0400. The highest BCUT2D eigenvalue weighted by Gasteiger charge is 2.41. The minimum atomic E-state index is 0.490. The summed E-state index contributed by atoms with van der Waals surface area (Å²) >= 11 is 0. The minimum absolute atomic E-state index is 0.490. The van der Waals surface area contributed by atoms with Crippen molar-refractivity contribution in [1.29, 1.82) is 0 Å². The Balaban J connectivity index is 1.73. The first-order valence-corrected chi connectivity index (χ1v) is 7.67. The van der Waals surface area contributed by atoms with Gasteiger partial charge in [0.2, 0.25) is 0 Å². The second kappa shape index (κ2) is 5.30. The van der Waals surface area contributed by atoms with E-state index in [2.05, 4.69) is 33.0 Å². The van der Waals surface area contributed by atoms with Gasteiger partial charge < -0.3 is 5.32 Å². The Morgan fingerprint density at radius 1 is 1.18 bits per heavy atom. The molecule has 0 aliphatic heterocycles. The Kier molecular flexibility index (Phi) is 4.18. The molecule has 1 N–H and O–H groups in total. The largest absolute Gasteiger partial charge is 0.316 e. The van der Waals surface area contributed by atoms with Crippen LogP contribution in [-0.4, -0.2) is 13.1 Å². The van der Waals surface area contributed by atoms with E-state index in [-0.39, 0.29) is 0 Å². The molecule has 100 valence electrons. The smallest absolute Gasteiger partial charge is 0.000273 e. The van der Waals surface area contributed by atoms with Crippen LogP contribution in [0.5, 0.6) is 0 Å². The molecule has 2 rings (SSSR count). The van der Waals surface area contributed by atoms with Crippen LogP contribution in [0, 0.1) is 29.1 Å². The van der Waals surface area contributed by atoms with Crippen LogP contribution in [0.1, 0.15) is 59.8 Å². The van der Waals surface area contributed by atoms with Crippen molar-refractivity contribution in [3.8, 4) is 0 Å². The molecule has 2 bridgehead atoms. The first-order valence-electron chi connectivity index (χ1n) is 7.67. The Bertz CT molecular complexity index is 244. The van der Waals surface area contributed by atoms with Crippen molar-refractivity contribution in [1.82, 2.24) is 5.32 Å². The quantitative estimate of drug-likeness (QED) is 0.734. The standard InChI is InChI=1S/C16H31N/c1-12(2)10-17-11-16(3,4)9-15-8-13-5-6-14(15)7-13/h12-15,17H,5-11H2,1-4H3. The van der Waals surface area contributed by atoms with E-state index < -0.39 is 0 Å². The van der Waals surface area contributed by atoms with Crippen LogP contribution in [0.15, 0.2) is 0 Å². The SMILES string of the molecule is CC(C)CNCC(C)(C)CC1CC2CCC1C2. The van der Waals surface area contributed by atoms with Crippen molar-refractivity contribution in [3.63, 3.8) is 0 Å². The van der Waals surface area contributed by atoms with Gasteiger partial charge in [0.05, 0.1) is 0 Å². The first kappa shape index (κ1) is 13.4. The average molecular weight is 237 g/mol. The van der Waals surface area contributed by atoms with E-state index in [4.69, 9.17) is 0 Å². The molecule has 1 nitrogen and oxygen atoms in total. The lowest BCUT2D eigenvalue weighted by atomic mass is 9.76. The third kappa shape index (κ3) is 3.71. The summed E-state index contributed by atoms with van der Waals surface area (Å²) < 4.78 is 0. The van der Waals surface area contributed by atoms with E-state index in [9.17, 15) is 0 Å². The van der Waals surface area contributed by atoms with E-state index in [1.165, 1.54) is 38.8 Å². The molecule has 0 aromatic rings. The van der Waals surface area contributed by atoms with E-state index in [1.54, 1.807) is 6.42 Å². The van der Waals surface area contributed by atoms with Crippen molar-refractivity contribution in [2.45, 2.75) is 59.8 Å². The molecular formula is C16H31N. The molecule has 3 unspecified atom stereocenters. The van der Waals surface area contributed by atoms with Gasteiger partial charge in [-0.05, 0) is 61.3 Å². The zero-order chi connectivity index (χ0) is 12.5. The molecule has 2 saturated carbocycles. The maximum atomic E-state index is 3.64. The number of hydrogen-bond acceptors (Lipinski definition) is 1. The number of hydrogen-bond donors (Lipinski definition) is 1. The third-order valence-corrected chi connectivity index (χ3v) is 4.86. The monoisotopic (exact) mass is 237 g/mol. The molecule has 0 aromatic carbocycles. The summed E-state index contributed by atoms with van der Waals surface area (Å²) in [5.74, 6) is 4.01. The number of fused-ring (bicyclic) bond motifs is 2. The van der Waals surface area contributed by atoms with Crippen LogP contribution in [0.4, 0.5) is 0 Å². The van der Waals surface area contributed by atoms with Gasteiger partial charge in [0.25, 0.3) is 0 Å². The lowest BCUT2D eigenvalue weighted by Crippen LogP contribution is -2.34. The van der Waals surface area contributed by atoms with Crippen LogP contribution in [0.3, 0.4) is 0 Å². The Morgan fingerprint density at radius 2 is 1.94 bits per heavy atom. The van der Waals surface area contributed by atoms with Gasteiger partial charge in [-0.15, -0.1) is 0 Å². The van der Waals surface area contributed by atoms with Crippen LogP contribution in [0.25, 0.3) is 0 Å². The second-order valence-corrected chi connectivity index (χ2v) is 7.83. The predicted octanol–water partition coefficient (Wildman–Crippen LogP) is 4.08. The summed E-state index contributed by atoms with van der Waals surface area (Å²) in [4.78, 5) is 0. The molecule has 0 saturated heterocycles. The van der Waals surface area contributed by atoms with Gasteiger partial charge in [-0.2, -0.15) is 0 Å². The molecule has 2 aliphatic carbocycles. The third-order valence-electron chi connectivity index (χ3n) is 4.86. The maximum absolute atomic E-state index is 3.64. The topological polar surface area (TPSA) is 12.0 Å². The van der Waals surface area contributed by atoms with Crippen molar-refractivity contribution >= 4 is 0 Å². The van der Waals surface area contributed by atoms with Crippen LogP contribution < -0.4 is 5.32 Å². The van der Waals surface area contributed by atoms with E-state index in [0.717, 1.165) is 23.7 Å². The summed E-state index contributed by atoms with van der Waals surface area (Å²) in [6.45, 7) is 11.8. The molecule has 1 heteroatoms. The highest BCUT2D eigenvalue weighted by molar-refractivity contribution is 4.92. The number of nitrogens with one attached hydrogen (secondary N) is 1. The van der Waals surface area contributed by atoms with E-state index in [0.29, 0.717) is 5.41 Å². The minimum Gasteiger partial charge on any atom is -0.316 e. The van der Waals surface area contributed by atoms with Gasteiger partial charge in [-0.3, -0.25) is 0 Å². The molecule has 0 radical (unpaired) electrons. The van der Waals surface area contributed by atoms with Gasteiger partial charge in [-0.1, -0.05) is 34.1 Å². The normalized spacial score (nSPS) is 32.6. The van der Waals surface area contributed by atoms with Gasteiger partial charge in [0.15, 0.2) is 0 Å². The van der Waals surface area contributed by atoms with Crippen LogP contribution in [-0.2, 0) is 0 Å². The van der Waals surface area contributed by atoms with Crippen molar-refractivity contribution in [2.24, 2.45) is 29.1 Å². The van der Waals surface area contributed by atoms with Gasteiger partial charge in [0, 0.05) is 6.54 Å². The molecule has 0 heterocycles. The highest BCUT2D eigenvalue weighted by atomic mass is 14.9.